The zero-order valence-electron chi connectivity index (χ0n) is 14.0. The average Bonchev–Trinajstić information content (AvgIpc) is 2.57. The van der Waals surface area contributed by atoms with Gasteiger partial charge < -0.3 is 9.47 Å². The molecule has 0 atom stereocenters. The summed E-state index contributed by atoms with van der Waals surface area (Å²) in [6.07, 6.45) is 0. The molecule has 0 saturated heterocycles. The van der Waals surface area contributed by atoms with Crippen LogP contribution in [0.5, 0.6) is 11.5 Å². The maximum atomic E-state index is 12.5. The number of halogens is 1. The molecular formula is C17H18BrNO5S. The number of methoxy groups -OCH3 is 1. The number of hydrogen-bond acceptors (Lipinski definition) is 5. The SMILES string of the molecule is CCOc1ccc(C(=O)NS(=O)(=O)c2cc(Br)ccc2C)cc1OC. The third-order valence-electron chi connectivity index (χ3n) is 3.39. The summed E-state index contributed by atoms with van der Waals surface area (Å²) in [7, 11) is -2.56. The summed E-state index contributed by atoms with van der Waals surface area (Å²) in [5.41, 5.74) is 0.685. The summed E-state index contributed by atoms with van der Waals surface area (Å²) in [6, 6.07) is 9.31. The Balaban J connectivity index is 2.31. The molecule has 6 nitrogen and oxygen atoms in total. The summed E-state index contributed by atoms with van der Waals surface area (Å²) in [5.74, 6) is 0.0819. The molecule has 0 bridgehead atoms. The first kappa shape index (κ1) is 19.3. The molecule has 25 heavy (non-hydrogen) atoms. The monoisotopic (exact) mass is 427 g/mol. The van der Waals surface area contributed by atoms with E-state index < -0.39 is 15.9 Å². The van der Waals surface area contributed by atoms with E-state index >= 15 is 0 Å². The van der Waals surface area contributed by atoms with Crippen LogP contribution in [0.4, 0.5) is 0 Å². The van der Waals surface area contributed by atoms with Gasteiger partial charge in [-0.3, -0.25) is 4.79 Å². The Bertz CT molecular complexity index is 896. The second kappa shape index (κ2) is 7.88. The number of aryl methyl sites for hydroxylation is 1. The van der Waals surface area contributed by atoms with Crippen molar-refractivity contribution in [1.82, 2.24) is 4.72 Å². The zero-order valence-corrected chi connectivity index (χ0v) is 16.4. The molecule has 0 radical (unpaired) electrons. The van der Waals surface area contributed by atoms with Gasteiger partial charge in [0.25, 0.3) is 15.9 Å². The van der Waals surface area contributed by atoms with Crippen molar-refractivity contribution >= 4 is 31.9 Å². The van der Waals surface area contributed by atoms with Gasteiger partial charge >= 0.3 is 0 Å². The van der Waals surface area contributed by atoms with Crippen molar-refractivity contribution < 1.29 is 22.7 Å². The van der Waals surface area contributed by atoms with Gasteiger partial charge in [0.1, 0.15) is 0 Å². The van der Waals surface area contributed by atoms with Gasteiger partial charge in [-0.1, -0.05) is 22.0 Å². The van der Waals surface area contributed by atoms with Crippen LogP contribution in [0.3, 0.4) is 0 Å². The van der Waals surface area contributed by atoms with Gasteiger partial charge in [0.15, 0.2) is 11.5 Å². The molecule has 2 aromatic rings. The second-order valence-electron chi connectivity index (χ2n) is 5.14. The Morgan fingerprint density at radius 2 is 1.88 bits per heavy atom. The van der Waals surface area contributed by atoms with E-state index in [1.54, 1.807) is 25.1 Å². The smallest absolute Gasteiger partial charge is 0.265 e. The topological polar surface area (TPSA) is 81.7 Å². The van der Waals surface area contributed by atoms with Crippen LogP contribution in [-0.4, -0.2) is 28.0 Å². The molecule has 1 amide bonds. The molecule has 134 valence electrons. The van der Waals surface area contributed by atoms with Crippen LogP contribution in [0, 0.1) is 6.92 Å². The third-order valence-corrected chi connectivity index (χ3v) is 5.36. The first-order chi connectivity index (χ1) is 11.8. The lowest BCUT2D eigenvalue weighted by Gasteiger charge is -2.12. The van der Waals surface area contributed by atoms with Gasteiger partial charge in [0.05, 0.1) is 18.6 Å². The molecule has 1 N–H and O–H groups in total. The first-order valence-electron chi connectivity index (χ1n) is 7.42. The molecule has 0 aliphatic carbocycles. The molecule has 0 heterocycles. The molecule has 0 aliphatic rings. The predicted octanol–water partition coefficient (Wildman–Crippen LogP) is 3.28. The van der Waals surface area contributed by atoms with Gasteiger partial charge in [0, 0.05) is 10.0 Å². The fraction of sp³-hybridized carbons (Fsp3) is 0.235. The van der Waals surface area contributed by atoms with Crippen LogP contribution in [0.2, 0.25) is 0 Å². The van der Waals surface area contributed by atoms with E-state index in [1.165, 1.54) is 25.3 Å². The Morgan fingerprint density at radius 1 is 1.16 bits per heavy atom. The fourth-order valence-corrected chi connectivity index (χ4v) is 3.94. The van der Waals surface area contributed by atoms with E-state index in [0.29, 0.717) is 28.1 Å². The minimum Gasteiger partial charge on any atom is -0.493 e. The van der Waals surface area contributed by atoms with Crippen LogP contribution in [0.15, 0.2) is 45.8 Å². The van der Waals surface area contributed by atoms with Crippen molar-refractivity contribution in [2.24, 2.45) is 0 Å². The van der Waals surface area contributed by atoms with E-state index in [2.05, 4.69) is 20.7 Å². The number of hydrogen-bond donors (Lipinski definition) is 1. The lowest BCUT2D eigenvalue weighted by atomic mass is 10.2. The number of benzene rings is 2. The molecule has 8 heteroatoms. The Labute approximate surface area is 155 Å². The number of rotatable bonds is 6. The van der Waals surface area contributed by atoms with Gasteiger partial charge in [-0.2, -0.15) is 0 Å². The van der Waals surface area contributed by atoms with E-state index in [9.17, 15) is 13.2 Å². The molecule has 0 saturated carbocycles. The van der Waals surface area contributed by atoms with Crippen LogP contribution in [0.25, 0.3) is 0 Å². The third kappa shape index (κ3) is 4.52. The van der Waals surface area contributed by atoms with Gasteiger partial charge in [-0.15, -0.1) is 0 Å². The van der Waals surface area contributed by atoms with Crippen LogP contribution in [0.1, 0.15) is 22.8 Å². The Morgan fingerprint density at radius 3 is 2.52 bits per heavy atom. The van der Waals surface area contributed by atoms with Crippen molar-refractivity contribution in [3.63, 3.8) is 0 Å². The van der Waals surface area contributed by atoms with Crippen LogP contribution in [-0.2, 0) is 10.0 Å². The minimum atomic E-state index is -4.00. The van der Waals surface area contributed by atoms with Gasteiger partial charge in [-0.25, -0.2) is 13.1 Å². The predicted molar refractivity (Wildman–Crippen MR) is 97.7 cm³/mol. The molecular weight excluding hydrogens is 410 g/mol. The Hall–Kier alpha value is -2.06. The standard InChI is InChI=1S/C17H18BrNO5S/c1-4-24-14-8-6-12(9-15(14)23-3)17(20)19-25(21,22)16-10-13(18)7-5-11(16)2/h5-10H,4H2,1-3H3,(H,19,20). The summed E-state index contributed by atoms with van der Waals surface area (Å²) < 4.78 is 38.2. The zero-order chi connectivity index (χ0) is 18.6. The molecule has 0 fully saturated rings. The highest BCUT2D eigenvalue weighted by Gasteiger charge is 2.22. The highest BCUT2D eigenvalue weighted by Crippen LogP contribution is 2.28. The lowest BCUT2D eigenvalue weighted by molar-refractivity contribution is 0.0981. The average molecular weight is 428 g/mol. The van der Waals surface area contributed by atoms with E-state index in [-0.39, 0.29) is 10.5 Å². The maximum Gasteiger partial charge on any atom is 0.265 e. The fourth-order valence-electron chi connectivity index (χ4n) is 2.18. The second-order valence-corrected chi connectivity index (χ2v) is 7.71. The Kier molecular flexibility index (Phi) is 6.07. The first-order valence-corrected chi connectivity index (χ1v) is 9.70. The van der Waals surface area contributed by atoms with Crippen molar-refractivity contribution in [2.45, 2.75) is 18.7 Å². The molecule has 0 aromatic heterocycles. The van der Waals surface area contributed by atoms with Crippen LogP contribution >= 0.6 is 15.9 Å². The highest BCUT2D eigenvalue weighted by atomic mass is 79.9. The number of carbonyl (C=O) groups excluding carboxylic acids is 1. The molecule has 0 aliphatic heterocycles. The van der Waals surface area contributed by atoms with Crippen molar-refractivity contribution in [3.8, 4) is 11.5 Å². The quantitative estimate of drug-likeness (QED) is 0.764. The summed E-state index contributed by atoms with van der Waals surface area (Å²) >= 11 is 3.23. The number of sulfonamides is 1. The normalized spacial score (nSPS) is 11.0. The van der Waals surface area contributed by atoms with E-state index in [0.717, 1.165) is 0 Å². The number of carbonyl (C=O) groups is 1. The van der Waals surface area contributed by atoms with Crippen LogP contribution < -0.4 is 14.2 Å². The lowest BCUT2D eigenvalue weighted by Crippen LogP contribution is -2.31. The van der Waals surface area contributed by atoms with Crippen molar-refractivity contribution in [1.29, 1.82) is 0 Å². The number of ether oxygens (including phenoxy) is 2. The molecule has 2 aromatic carbocycles. The van der Waals surface area contributed by atoms with Gasteiger partial charge in [0.2, 0.25) is 0 Å². The highest BCUT2D eigenvalue weighted by molar-refractivity contribution is 9.10. The molecule has 0 unspecified atom stereocenters. The number of nitrogens with one attached hydrogen (secondary N) is 1. The summed E-state index contributed by atoms with van der Waals surface area (Å²) in [5, 5.41) is 0. The number of amides is 1. The van der Waals surface area contributed by atoms with E-state index in [1.807, 2.05) is 6.92 Å². The van der Waals surface area contributed by atoms with Crippen molar-refractivity contribution in [2.75, 3.05) is 13.7 Å². The minimum absolute atomic E-state index is 0.0353. The van der Waals surface area contributed by atoms with Gasteiger partial charge in [-0.05, 0) is 49.7 Å². The van der Waals surface area contributed by atoms with E-state index in [4.69, 9.17) is 9.47 Å². The molecule has 0 spiro atoms. The maximum absolute atomic E-state index is 12.5. The summed E-state index contributed by atoms with van der Waals surface area (Å²) in [4.78, 5) is 12.4. The van der Waals surface area contributed by atoms with Crippen molar-refractivity contribution in [3.05, 3.63) is 52.0 Å². The largest absolute Gasteiger partial charge is 0.493 e. The summed E-state index contributed by atoms with van der Waals surface area (Å²) in [6.45, 7) is 3.93. The molecule has 2 rings (SSSR count).